The Labute approximate surface area is 772 Å². The summed E-state index contributed by atoms with van der Waals surface area (Å²) in [5.74, 6) is 0. The molecule has 22 aromatic rings. The third-order valence-electron chi connectivity index (χ3n) is 24.8. The largest absolute Gasteiger partial charge is 0.311 e. The smallest absolute Gasteiger partial charge is 0.0467 e. The summed E-state index contributed by atoms with van der Waals surface area (Å²) in [6, 6.07) is 192. The van der Waals surface area contributed by atoms with Crippen molar-refractivity contribution in [3.8, 4) is 66.8 Å². The second-order valence-electron chi connectivity index (χ2n) is 33.1. The van der Waals surface area contributed by atoms with Crippen molar-refractivity contribution in [1.29, 1.82) is 0 Å². The molecule has 0 aliphatic heterocycles. The molecule has 22 aromatic carbocycles. The van der Waals surface area contributed by atoms with Gasteiger partial charge in [-0.25, -0.2) is 0 Å². The van der Waals surface area contributed by atoms with Gasteiger partial charge in [0.05, 0.1) is 0 Å². The molecule has 0 aliphatic carbocycles. The number of nitrogens with zero attached hydrogens (tertiary/aromatic N) is 4. The third-order valence-corrected chi connectivity index (χ3v) is 24.8. The highest BCUT2D eigenvalue weighted by Crippen LogP contribution is 2.51. The van der Waals surface area contributed by atoms with Crippen molar-refractivity contribution in [2.75, 3.05) is 19.6 Å². The van der Waals surface area contributed by atoms with Crippen LogP contribution in [0.4, 0.5) is 68.2 Å². The Morgan fingerprint density at radius 3 is 0.598 bits per heavy atom. The second-order valence-corrected chi connectivity index (χ2v) is 33.1. The maximum Gasteiger partial charge on any atom is 0.0467 e. The van der Waals surface area contributed by atoms with Gasteiger partial charge in [0.2, 0.25) is 0 Å². The van der Waals surface area contributed by atoms with Crippen LogP contribution in [0.25, 0.3) is 134 Å². The number of hydrogen-bond donors (Lipinski definition) is 0. The molecule has 0 saturated carbocycles. The van der Waals surface area contributed by atoms with E-state index in [0.717, 1.165) is 90.5 Å². The van der Waals surface area contributed by atoms with Gasteiger partial charge in [-0.05, 0) is 302 Å². The molecule has 0 atom stereocenters. The van der Waals surface area contributed by atoms with E-state index in [1.165, 1.54) is 110 Å². The fourth-order valence-electron chi connectivity index (χ4n) is 18.7. The van der Waals surface area contributed by atoms with E-state index in [4.69, 9.17) is 0 Å². The SMILES string of the molecule is C(=C\c1cccc(-c2ccc3c(-c4ccc(N(c5ccccc5)c5ccccc5)cc4)c4ccccc4c(-c4ccc(N(c5ccccc5)c5ccccc5)cc4)c3c2)c1)/c1ccccc1.C(=C\c1cccc(-c2ccc3c(-c4cccc(N(c5ccccc5)c5ccccc5)c4)c4ccccc4c(-c4cccc(N(c5ccccc5)c5ccccc5)c4)c3c2)c1)/c1ccccc1. The van der Waals surface area contributed by atoms with Gasteiger partial charge in [-0.1, -0.05) is 388 Å². The van der Waals surface area contributed by atoms with Crippen LogP contribution >= 0.6 is 0 Å². The maximum absolute atomic E-state index is 2.42. The lowest BCUT2D eigenvalue weighted by atomic mass is 9.84. The molecule has 0 amide bonds. The van der Waals surface area contributed by atoms with Gasteiger partial charge in [0.15, 0.2) is 0 Å². The van der Waals surface area contributed by atoms with E-state index >= 15 is 0 Å². The molecule has 4 nitrogen and oxygen atoms in total. The molecule has 0 aromatic heterocycles. The number of para-hydroxylation sites is 8. The van der Waals surface area contributed by atoms with Crippen LogP contribution in [-0.2, 0) is 0 Å². The van der Waals surface area contributed by atoms with E-state index in [-0.39, 0.29) is 0 Å². The minimum atomic E-state index is 1.09. The predicted octanol–water partition coefficient (Wildman–Crippen LogP) is 36.2. The van der Waals surface area contributed by atoms with Gasteiger partial charge in [0.25, 0.3) is 0 Å². The van der Waals surface area contributed by atoms with Gasteiger partial charge < -0.3 is 19.6 Å². The van der Waals surface area contributed by atoms with Crippen LogP contribution in [0.2, 0.25) is 0 Å². The number of anilines is 12. The molecule has 0 N–H and O–H groups in total. The van der Waals surface area contributed by atoms with Crippen molar-refractivity contribution in [2.45, 2.75) is 0 Å². The molecule has 0 saturated heterocycles. The van der Waals surface area contributed by atoms with Crippen LogP contribution in [-0.4, -0.2) is 0 Å². The lowest BCUT2D eigenvalue weighted by Crippen LogP contribution is -2.09. The average Bonchev–Trinajstić information content (AvgIpc) is 0.723. The van der Waals surface area contributed by atoms with E-state index in [1.807, 2.05) is 0 Å². The minimum absolute atomic E-state index is 1.09. The topological polar surface area (TPSA) is 13.0 Å². The van der Waals surface area contributed by atoms with Crippen molar-refractivity contribution >= 4 is 136 Å². The van der Waals surface area contributed by atoms with Gasteiger partial charge in [-0.15, -0.1) is 0 Å². The van der Waals surface area contributed by atoms with E-state index in [1.54, 1.807) is 0 Å². The van der Waals surface area contributed by atoms with E-state index < -0.39 is 0 Å². The maximum atomic E-state index is 2.42. The average molecular weight is 1690 g/mol. The Hall–Kier alpha value is -17.4. The van der Waals surface area contributed by atoms with Crippen LogP contribution in [0.15, 0.2) is 534 Å². The lowest BCUT2D eigenvalue weighted by molar-refractivity contribution is 1.28. The third kappa shape index (κ3) is 17.3. The van der Waals surface area contributed by atoms with Crippen LogP contribution in [0, 0.1) is 0 Å². The fourth-order valence-corrected chi connectivity index (χ4v) is 18.7. The predicted molar refractivity (Wildman–Crippen MR) is 565 cm³/mol. The first-order valence-electron chi connectivity index (χ1n) is 45.2. The monoisotopic (exact) mass is 1680 g/mol. The molecule has 132 heavy (non-hydrogen) atoms. The highest BCUT2D eigenvalue weighted by Gasteiger charge is 2.25. The Balaban J connectivity index is 0.000000159. The van der Waals surface area contributed by atoms with Crippen LogP contribution in [0.5, 0.6) is 0 Å². The number of hydrogen-bond acceptors (Lipinski definition) is 4. The molecule has 0 unspecified atom stereocenters. The summed E-state index contributed by atoms with van der Waals surface area (Å²) in [4.78, 5) is 9.33. The highest BCUT2D eigenvalue weighted by atomic mass is 15.2. The molecule has 0 heterocycles. The summed E-state index contributed by atoms with van der Waals surface area (Å²) >= 11 is 0. The van der Waals surface area contributed by atoms with Crippen molar-refractivity contribution in [2.24, 2.45) is 0 Å². The van der Waals surface area contributed by atoms with Crippen molar-refractivity contribution in [3.05, 3.63) is 556 Å². The van der Waals surface area contributed by atoms with Gasteiger partial charge in [-0.2, -0.15) is 0 Å². The van der Waals surface area contributed by atoms with Crippen LogP contribution in [0.3, 0.4) is 0 Å². The quantitative estimate of drug-likeness (QED) is 0.0495. The zero-order chi connectivity index (χ0) is 88.1. The molecule has 0 bridgehead atoms. The molecule has 624 valence electrons. The van der Waals surface area contributed by atoms with E-state index in [0.29, 0.717) is 0 Å². The summed E-state index contributed by atoms with van der Waals surface area (Å²) in [5.41, 5.74) is 32.2. The summed E-state index contributed by atoms with van der Waals surface area (Å²) in [6.07, 6.45) is 8.77. The van der Waals surface area contributed by atoms with Gasteiger partial charge in [0.1, 0.15) is 0 Å². The van der Waals surface area contributed by atoms with E-state index in [9.17, 15) is 0 Å². The second kappa shape index (κ2) is 38.0. The van der Waals surface area contributed by atoms with E-state index in [2.05, 4.69) is 578 Å². The normalized spacial score (nSPS) is 11.3. The van der Waals surface area contributed by atoms with Gasteiger partial charge >= 0.3 is 0 Å². The summed E-state index contributed by atoms with van der Waals surface area (Å²) in [5, 5.41) is 9.66. The Morgan fingerprint density at radius 2 is 0.295 bits per heavy atom. The minimum Gasteiger partial charge on any atom is -0.311 e. The summed E-state index contributed by atoms with van der Waals surface area (Å²) < 4.78 is 0. The number of rotatable bonds is 22. The molecule has 0 fully saturated rings. The molecule has 0 spiro atoms. The zero-order valence-corrected chi connectivity index (χ0v) is 72.9. The lowest BCUT2D eigenvalue weighted by Gasteiger charge is -2.27. The Kier molecular flexibility index (Phi) is 23.5. The zero-order valence-electron chi connectivity index (χ0n) is 72.9. The van der Waals surface area contributed by atoms with Crippen molar-refractivity contribution in [1.82, 2.24) is 0 Å². The molecular formula is C128H92N4. The Bertz CT molecular complexity index is 7660. The summed E-state index contributed by atoms with van der Waals surface area (Å²) in [7, 11) is 0. The first-order valence-corrected chi connectivity index (χ1v) is 45.2. The van der Waals surface area contributed by atoms with Crippen molar-refractivity contribution in [3.63, 3.8) is 0 Å². The van der Waals surface area contributed by atoms with Gasteiger partial charge in [-0.3, -0.25) is 0 Å². The number of fused-ring (bicyclic) bond motifs is 4. The molecule has 22 rings (SSSR count). The summed E-state index contributed by atoms with van der Waals surface area (Å²) in [6.45, 7) is 0. The first kappa shape index (κ1) is 81.6. The molecule has 4 heteroatoms. The molecule has 0 aliphatic rings. The van der Waals surface area contributed by atoms with Crippen molar-refractivity contribution < 1.29 is 0 Å². The standard InChI is InChI=1S/2C64H46N2/c1-6-21-47(22-7-1)39-40-48-23-18-24-49(43-48)50-41-42-61-62(46-50)64(52-26-20-36-58(45-52)66(55-31-12-4-13-32-55)56-33-14-5-15-34-56)60-38-17-16-37-59(60)63(61)51-25-19-35-57(44-51)65(53-27-8-2-9-28-53)54-29-10-3-11-30-54;1-6-19-47(20-7-1)33-34-48-21-18-22-51(45-48)52-39-44-61-62(46-52)64(50-37-42-58(43-38-50)66(55-27-12-4-13-28-55)56-29-14-5-15-30-56)60-32-17-16-31-59(60)63(61)49-35-40-57(41-36-49)65(53-23-8-2-9-24-53)54-25-10-3-11-26-54/h2*1-46H/b40-39+;34-33+. The first-order chi connectivity index (χ1) is 65.5. The molecule has 0 radical (unpaired) electrons. The Morgan fingerprint density at radius 1 is 0.106 bits per heavy atom. The van der Waals surface area contributed by atoms with Crippen LogP contribution in [0.1, 0.15) is 22.3 Å². The highest BCUT2D eigenvalue weighted by molar-refractivity contribution is 6.24. The van der Waals surface area contributed by atoms with Crippen LogP contribution < -0.4 is 19.6 Å². The molecular weight excluding hydrogens is 1590 g/mol. The number of benzene rings is 22. The fraction of sp³-hybridized carbons (Fsp3) is 0. The van der Waals surface area contributed by atoms with Gasteiger partial charge in [0, 0.05) is 68.2 Å².